The molecule has 0 amide bonds. The smallest absolute Gasteiger partial charge is 0.220 e. The van der Waals surface area contributed by atoms with E-state index in [2.05, 4.69) is 0 Å². The van der Waals surface area contributed by atoms with Gasteiger partial charge >= 0.3 is 0 Å². The molecule has 0 aliphatic carbocycles. The fourth-order valence-electron chi connectivity index (χ4n) is 1.60. The van der Waals surface area contributed by atoms with E-state index in [9.17, 15) is 0 Å². The van der Waals surface area contributed by atoms with Gasteiger partial charge in [-0.2, -0.15) is 0 Å². The minimum atomic E-state index is 0.0897. The lowest BCUT2D eigenvalue weighted by Crippen LogP contribution is -2.19. The summed E-state index contributed by atoms with van der Waals surface area (Å²) in [7, 11) is 0. The number of epoxide rings is 1. The molecule has 0 spiro atoms. The second-order valence-electron chi connectivity index (χ2n) is 4.63. The summed E-state index contributed by atoms with van der Waals surface area (Å²) in [5, 5.41) is 0. The Labute approximate surface area is 134 Å². The molecule has 0 aromatic rings. The number of rotatable bonds is 13. The van der Waals surface area contributed by atoms with Crippen LogP contribution in [0.15, 0.2) is 0 Å². The molecule has 122 valence electrons. The van der Waals surface area contributed by atoms with E-state index in [0.29, 0.717) is 63.3 Å². The van der Waals surface area contributed by atoms with E-state index >= 15 is 0 Å². The van der Waals surface area contributed by atoms with E-state index in [-0.39, 0.29) is 6.10 Å². The molecule has 21 heavy (non-hydrogen) atoms. The molecule has 8 heteroatoms. The summed E-state index contributed by atoms with van der Waals surface area (Å²) in [6.45, 7) is 5.50. The Morgan fingerprint density at radius 3 is 1.90 bits per heavy atom. The first-order chi connectivity index (χ1) is 10.3. The molecule has 2 unspecified atom stereocenters. The van der Waals surface area contributed by atoms with Crippen molar-refractivity contribution >= 4 is 28.4 Å². The summed E-state index contributed by atoms with van der Waals surface area (Å²) in [5.41, 5.74) is 0. The van der Waals surface area contributed by atoms with E-state index in [1.165, 1.54) is 0 Å². The highest BCUT2D eigenvalue weighted by Crippen LogP contribution is 2.19. The second kappa shape index (κ2) is 10.7. The third-order valence-electron chi connectivity index (χ3n) is 2.78. The van der Waals surface area contributed by atoms with Crippen LogP contribution in [0.1, 0.15) is 0 Å². The fourth-order valence-corrected chi connectivity index (χ4v) is 2.63. The van der Waals surface area contributed by atoms with Gasteiger partial charge in [0.1, 0.15) is 12.2 Å². The van der Waals surface area contributed by atoms with Crippen LogP contribution in [0.3, 0.4) is 0 Å². The lowest BCUT2D eigenvalue weighted by Gasteiger charge is -2.10. The van der Waals surface area contributed by atoms with Crippen molar-refractivity contribution in [3.8, 4) is 0 Å². The Balaban J connectivity index is 1.24. The summed E-state index contributed by atoms with van der Waals surface area (Å²) in [6, 6.07) is 0. The van der Waals surface area contributed by atoms with Gasteiger partial charge in [-0.15, -0.1) is 0 Å². The molecule has 2 fully saturated rings. The molecule has 2 rings (SSSR count). The van der Waals surface area contributed by atoms with Crippen molar-refractivity contribution in [1.82, 2.24) is 0 Å². The van der Waals surface area contributed by atoms with E-state index in [1.807, 2.05) is 0 Å². The van der Waals surface area contributed by atoms with Crippen LogP contribution in [0.2, 0.25) is 0 Å². The van der Waals surface area contributed by atoms with Gasteiger partial charge in [0.05, 0.1) is 59.5 Å². The van der Waals surface area contributed by atoms with Gasteiger partial charge in [-0.1, -0.05) is 11.8 Å². The van der Waals surface area contributed by atoms with Crippen LogP contribution in [0.5, 0.6) is 0 Å². The van der Waals surface area contributed by atoms with Crippen molar-refractivity contribution in [1.29, 1.82) is 0 Å². The van der Waals surface area contributed by atoms with Gasteiger partial charge in [0.2, 0.25) is 4.38 Å². The standard InChI is InChI=1S/C13H22O6S2/c20-13-19-12(10-21-13)8-17-6-4-15-2-1-14-3-5-16-7-11-9-18-11/h11-12H,1-10H2. The molecule has 6 nitrogen and oxygen atoms in total. The highest BCUT2D eigenvalue weighted by Gasteiger charge is 2.22. The summed E-state index contributed by atoms with van der Waals surface area (Å²) in [6.07, 6.45) is 0.406. The molecule has 0 bridgehead atoms. The molecule has 2 aliphatic rings. The Bertz CT molecular complexity index is 300. The zero-order valence-electron chi connectivity index (χ0n) is 12.0. The zero-order chi connectivity index (χ0) is 14.8. The monoisotopic (exact) mass is 338 g/mol. The van der Waals surface area contributed by atoms with Crippen molar-refractivity contribution in [2.75, 3.05) is 65.2 Å². The van der Waals surface area contributed by atoms with Crippen LogP contribution in [0.25, 0.3) is 0 Å². The van der Waals surface area contributed by atoms with Gasteiger partial charge in [0, 0.05) is 5.75 Å². The summed E-state index contributed by atoms with van der Waals surface area (Å²) >= 11 is 6.49. The first-order valence-electron chi connectivity index (χ1n) is 7.10. The average Bonchev–Trinajstić information content (AvgIpc) is 3.21. The van der Waals surface area contributed by atoms with E-state index in [1.54, 1.807) is 11.8 Å². The van der Waals surface area contributed by atoms with Crippen LogP contribution >= 0.6 is 24.0 Å². The van der Waals surface area contributed by atoms with Gasteiger partial charge in [-0.05, 0) is 12.2 Å². The molecular formula is C13H22O6S2. The minimum absolute atomic E-state index is 0.0897. The molecule has 0 aromatic carbocycles. The number of thiocarbonyl (C=S) groups is 1. The van der Waals surface area contributed by atoms with Gasteiger partial charge in [-0.3, -0.25) is 0 Å². The Morgan fingerprint density at radius 2 is 1.43 bits per heavy atom. The number of thioether (sulfide) groups is 1. The maximum Gasteiger partial charge on any atom is 0.220 e. The van der Waals surface area contributed by atoms with Crippen LogP contribution in [0.4, 0.5) is 0 Å². The predicted molar refractivity (Wildman–Crippen MR) is 82.9 cm³/mol. The average molecular weight is 338 g/mol. The highest BCUT2D eigenvalue weighted by molar-refractivity contribution is 8.22. The van der Waals surface area contributed by atoms with Crippen molar-refractivity contribution in [3.63, 3.8) is 0 Å². The molecule has 0 radical (unpaired) electrons. The Kier molecular flexibility index (Phi) is 8.87. The van der Waals surface area contributed by atoms with Gasteiger partial charge in [0.15, 0.2) is 0 Å². The van der Waals surface area contributed by atoms with Crippen LogP contribution in [-0.2, 0) is 28.4 Å². The largest absolute Gasteiger partial charge is 0.472 e. The second-order valence-corrected chi connectivity index (χ2v) is 6.25. The van der Waals surface area contributed by atoms with Gasteiger partial charge in [0.25, 0.3) is 0 Å². The molecule has 2 aliphatic heterocycles. The first-order valence-corrected chi connectivity index (χ1v) is 8.50. The van der Waals surface area contributed by atoms with Crippen molar-refractivity contribution < 1.29 is 28.4 Å². The summed E-state index contributed by atoms with van der Waals surface area (Å²) in [4.78, 5) is 0. The molecule has 0 N–H and O–H groups in total. The van der Waals surface area contributed by atoms with Crippen LogP contribution < -0.4 is 0 Å². The minimum Gasteiger partial charge on any atom is -0.472 e. The quantitative estimate of drug-likeness (QED) is 0.279. The summed E-state index contributed by atoms with van der Waals surface area (Å²) in [5.74, 6) is 0.877. The molecule has 0 aromatic heterocycles. The SMILES string of the molecule is S=C1OC(COCCOCCOCCOCC2CO2)CS1. The Morgan fingerprint density at radius 1 is 0.905 bits per heavy atom. The lowest BCUT2D eigenvalue weighted by molar-refractivity contribution is -0.0116. The van der Waals surface area contributed by atoms with Crippen molar-refractivity contribution in [2.24, 2.45) is 0 Å². The number of hydrogen-bond donors (Lipinski definition) is 0. The molecule has 0 saturated carbocycles. The van der Waals surface area contributed by atoms with Gasteiger partial charge < -0.3 is 28.4 Å². The Hall–Kier alpha value is 0.0400. The van der Waals surface area contributed by atoms with E-state index < -0.39 is 0 Å². The zero-order valence-corrected chi connectivity index (χ0v) is 13.6. The third-order valence-corrected chi connectivity index (χ3v) is 4.10. The fraction of sp³-hybridized carbons (Fsp3) is 0.923. The topological polar surface area (TPSA) is 58.7 Å². The highest BCUT2D eigenvalue weighted by atomic mass is 32.2. The number of ether oxygens (including phenoxy) is 6. The van der Waals surface area contributed by atoms with Gasteiger partial charge in [-0.25, -0.2) is 0 Å². The molecule has 2 heterocycles. The van der Waals surface area contributed by atoms with E-state index in [4.69, 9.17) is 40.6 Å². The molecule has 2 atom stereocenters. The lowest BCUT2D eigenvalue weighted by atomic mass is 10.4. The summed E-state index contributed by atoms with van der Waals surface area (Å²) < 4.78 is 32.6. The van der Waals surface area contributed by atoms with Crippen molar-refractivity contribution in [2.45, 2.75) is 12.2 Å². The number of hydrogen-bond acceptors (Lipinski definition) is 8. The first kappa shape index (κ1) is 17.4. The molecular weight excluding hydrogens is 316 g/mol. The predicted octanol–water partition coefficient (Wildman–Crippen LogP) is 0.869. The maximum atomic E-state index is 5.46. The van der Waals surface area contributed by atoms with Crippen LogP contribution in [-0.4, -0.2) is 81.8 Å². The van der Waals surface area contributed by atoms with E-state index in [0.717, 1.165) is 12.4 Å². The third kappa shape index (κ3) is 8.92. The normalized spacial score (nSPS) is 24.3. The molecule has 2 saturated heterocycles. The van der Waals surface area contributed by atoms with Crippen molar-refractivity contribution in [3.05, 3.63) is 0 Å². The van der Waals surface area contributed by atoms with Crippen LogP contribution in [0, 0.1) is 0 Å². The maximum absolute atomic E-state index is 5.46.